The van der Waals surface area contributed by atoms with E-state index in [1.54, 1.807) is 0 Å². The summed E-state index contributed by atoms with van der Waals surface area (Å²) in [6.45, 7) is 4.16. The first-order chi connectivity index (χ1) is 3.95. The Kier molecular flexibility index (Phi) is 4.28. The Morgan fingerprint density at radius 2 is 1.78 bits per heavy atom. The number of hydrogen-bond donors (Lipinski definition) is 0. The monoisotopic (exact) mass is 188 g/mol. The predicted molar refractivity (Wildman–Crippen MR) is 44.4 cm³/mol. The third-order valence-electron chi connectivity index (χ3n) is 1.28. The summed E-state index contributed by atoms with van der Waals surface area (Å²) in [7, 11) is 0. The van der Waals surface area contributed by atoms with E-state index in [1.165, 1.54) is 0 Å². The van der Waals surface area contributed by atoms with Crippen LogP contribution in [0, 0.1) is 5.92 Å². The molecule has 0 aliphatic heterocycles. The third kappa shape index (κ3) is 6.76. The molecular formula is C6H11Cl3. The van der Waals surface area contributed by atoms with Crippen molar-refractivity contribution in [2.45, 2.75) is 30.5 Å². The highest BCUT2D eigenvalue weighted by atomic mass is 35.6. The van der Waals surface area contributed by atoms with Crippen LogP contribution in [0.5, 0.6) is 0 Å². The quantitative estimate of drug-likeness (QED) is 0.580. The Balaban J connectivity index is 3.47. The maximum atomic E-state index is 5.54. The van der Waals surface area contributed by atoms with Crippen molar-refractivity contribution in [2.75, 3.05) is 0 Å². The molecule has 1 unspecified atom stereocenters. The Morgan fingerprint density at radius 1 is 1.33 bits per heavy atom. The standard InChI is InChI=1S/C6H11Cl3/c1-3-5(2)4-6(7,8)9/h5H,3-4H2,1-2H3. The molecule has 56 valence electrons. The van der Waals surface area contributed by atoms with E-state index in [9.17, 15) is 0 Å². The molecule has 0 aliphatic carbocycles. The first-order valence-corrected chi connectivity index (χ1v) is 4.16. The van der Waals surface area contributed by atoms with Crippen molar-refractivity contribution in [3.8, 4) is 0 Å². The molecule has 0 aromatic heterocycles. The molecule has 0 aromatic rings. The molecule has 3 heteroatoms. The molecular weight excluding hydrogens is 178 g/mol. The molecule has 0 nitrogen and oxygen atoms in total. The predicted octanol–water partition coefficient (Wildman–Crippen LogP) is 3.79. The van der Waals surface area contributed by atoms with Gasteiger partial charge in [0.2, 0.25) is 0 Å². The number of alkyl halides is 3. The van der Waals surface area contributed by atoms with Gasteiger partial charge in [0.25, 0.3) is 0 Å². The second kappa shape index (κ2) is 3.90. The first kappa shape index (κ1) is 9.87. The summed E-state index contributed by atoms with van der Waals surface area (Å²) >= 11 is 16.6. The molecule has 9 heavy (non-hydrogen) atoms. The molecule has 0 rings (SSSR count). The van der Waals surface area contributed by atoms with Crippen LogP contribution in [0.3, 0.4) is 0 Å². The number of rotatable bonds is 2. The first-order valence-electron chi connectivity index (χ1n) is 3.02. The van der Waals surface area contributed by atoms with Gasteiger partial charge >= 0.3 is 0 Å². The van der Waals surface area contributed by atoms with Gasteiger partial charge < -0.3 is 0 Å². The molecule has 0 radical (unpaired) electrons. The van der Waals surface area contributed by atoms with Crippen LogP contribution in [0.25, 0.3) is 0 Å². The summed E-state index contributed by atoms with van der Waals surface area (Å²) in [5.41, 5.74) is 0. The van der Waals surface area contributed by atoms with Gasteiger partial charge in [-0.3, -0.25) is 0 Å². The lowest BCUT2D eigenvalue weighted by Gasteiger charge is -2.14. The van der Waals surface area contributed by atoms with E-state index in [4.69, 9.17) is 34.8 Å². The smallest absolute Gasteiger partial charge is 0.0837 e. The van der Waals surface area contributed by atoms with E-state index in [-0.39, 0.29) is 0 Å². The van der Waals surface area contributed by atoms with Crippen LogP contribution in [0.15, 0.2) is 0 Å². The van der Waals surface area contributed by atoms with Gasteiger partial charge in [-0.15, -0.1) is 0 Å². The van der Waals surface area contributed by atoms with Gasteiger partial charge in [0.1, 0.15) is 0 Å². The molecule has 0 heterocycles. The highest BCUT2D eigenvalue weighted by Gasteiger charge is 2.21. The van der Waals surface area contributed by atoms with Crippen molar-refractivity contribution in [1.29, 1.82) is 0 Å². The summed E-state index contributed by atoms with van der Waals surface area (Å²) < 4.78 is -1.06. The van der Waals surface area contributed by atoms with Crippen molar-refractivity contribution in [2.24, 2.45) is 5.92 Å². The van der Waals surface area contributed by atoms with Crippen LogP contribution in [0.2, 0.25) is 0 Å². The van der Waals surface area contributed by atoms with Gasteiger partial charge in [0, 0.05) is 0 Å². The van der Waals surface area contributed by atoms with Crippen molar-refractivity contribution < 1.29 is 0 Å². The fourth-order valence-corrected chi connectivity index (χ4v) is 1.33. The average molecular weight is 190 g/mol. The highest BCUT2D eigenvalue weighted by molar-refractivity contribution is 6.67. The maximum absolute atomic E-state index is 5.54. The summed E-state index contributed by atoms with van der Waals surface area (Å²) in [6.07, 6.45) is 1.71. The van der Waals surface area contributed by atoms with E-state index >= 15 is 0 Å². The van der Waals surface area contributed by atoms with Gasteiger partial charge in [-0.25, -0.2) is 0 Å². The van der Waals surface area contributed by atoms with Crippen molar-refractivity contribution in [1.82, 2.24) is 0 Å². The van der Waals surface area contributed by atoms with E-state index in [1.807, 2.05) is 0 Å². The maximum Gasteiger partial charge on any atom is 0.190 e. The minimum absolute atomic E-state index is 0.498. The second-order valence-corrected chi connectivity index (χ2v) is 4.85. The van der Waals surface area contributed by atoms with Crippen LogP contribution in [-0.2, 0) is 0 Å². The van der Waals surface area contributed by atoms with Gasteiger partial charge in [0.05, 0.1) is 0 Å². The van der Waals surface area contributed by atoms with E-state index in [0.29, 0.717) is 12.3 Å². The van der Waals surface area contributed by atoms with Gasteiger partial charge in [0.15, 0.2) is 3.79 Å². The fraction of sp³-hybridized carbons (Fsp3) is 1.00. The van der Waals surface area contributed by atoms with E-state index in [2.05, 4.69) is 13.8 Å². The lowest BCUT2D eigenvalue weighted by atomic mass is 10.1. The molecule has 0 aliphatic rings. The highest BCUT2D eigenvalue weighted by Crippen LogP contribution is 2.33. The summed E-state index contributed by atoms with van der Waals surface area (Å²) in [5, 5.41) is 0. The molecule has 0 aromatic carbocycles. The third-order valence-corrected chi connectivity index (χ3v) is 1.74. The minimum Gasteiger partial charge on any atom is -0.0837 e. The lowest BCUT2D eigenvalue weighted by Crippen LogP contribution is -2.07. The van der Waals surface area contributed by atoms with Crippen LogP contribution in [-0.4, -0.2) is 3.79 Å². The molecule has 0 bridgehead atoms. The van der Waals surface area contributed by atoms with Gasteiger partial charge in [-0.2, -0.15) is 0 Å². The van der Waals surface area contributed by atoms with Gasteiger partial charge in [-0.1, -0.05) is 55.1 Å². The van der Waals surface area contributed by atoms with Gasteiger partial charge in [-0.05, 0) is 12.3 Å². The Hall–Kier alpha value is 0.870. The Labute approximate surface area is 71.5 Å². The molecule has 1 atom stereocenters. The Morgan fingerprint density at radius 3 is 1.89 bits per heavy atom. The summed E-state index contributed by atoms with van der Waals surface area (Å²) in [5.74, 6) is 0.498. The second-order valence-electron chi connectivity index (χ2n) is 2.33. The van der Waals surface area contributed by atoms with Crippen LogP contribution in [0.1, 0.15) is 26.7 Å². The minimum atomic E-state index is -1.06. The summed E-state index contributed by atoms with van der Waals surface area (Å²) in [4.78, 5) is 0. The Bertz CT molecular complexity index is 74.9. The molecule has 0 amide bonds. The zero-order chi connectivity index (χ0) is 7.49. The topological polar surface area (TPSA) is 0 Å². The van der Waals surface area contributed by atoms with Crippen molar-refractivity contribution in [3.63, 3.8) is 0 Å². The number of halogens is 3. The lowest BCUT2D eigenvalue weighted by molar-refractivity contribution is 0.523. The molecule has 0 saturated carbocycles. The molecule has 0 spiro atoms. The molecule has 0 fully saturated rings. The van der Waals surface area contributed by atoms with Crippen LogP contribution in [0.4, 0.5) is 0 Å². The van der Waals surface area contributed by atoms with E-state index < -0.39 is 3.79 Å². The fourth-order valence-electron chi connectivity index (χ4n) is 0.539. The normalized spacial score (nSPS) is 15.7. The van der Waals surface area contributed by atoms with Crippen molar-refractivity contribution in [3.05, 3.63) is 0 Å². The zero-order valence-electron chi connectivity index (χ0n) is 5.63. The van der Waals surface area contributed by atoms with Crippen molar-refractivity contribution >= 4 is 34.8 Å². The SMILES string of the molecule is CCC(C)CC(Cl)(Cl)Cl. The zero-order valence-corrected chi connectivity index (χ0v) is 7.89. The van der Waals surface area contributed by atoms with E-state index in [0.717, 1.165) is 6.42 Å². The molecule has 0 saturated heterocycles. The van der Waals surface area contributed by atoms with Crippen LogP contribution < -0.4 is 0 Å². The molecule has 0 N–H and O–H groups in total. The average Bonchev–Trinajstić information content (AvgIpc) is 1.62. The summed E-state index contributed by atoms with van der Waals surface area (Å²) in [6, 6.07) is 0. The largest absolute Gasteiger partial charge is 0.190 e. The van der Waals surface area contributed by atoms with Crippen LogP contribution >= 0.6 is 34.8 Å². The number of hydrogen-bond acceptors (Lipinski definition) is 0.